The molecule has 0 saturated carbocycles. The molecule has 1 aliphatic rings. The van der Waals surface area contributed by atoms with E-state index in [2.05, 4.69) is 5.10 Å². The second-order valence-electron chi connectivity index (χ2n) is 6.35. The number of rotatable bonds is 4. The molecule has 0 aliphatic carbocycles. The molecule has 0 radical (unpaired) electrons. The van der Waals surface area contributed by atoms with Crippen molar-refractivity contribution in [3.05, 3.63) is 65.5 Å². The van der Waals surface area contributed by atoms with Crippen LogP contribution in [0.3, 0.4) is 0 Å². The molecule has 0 unspecified atom stereocenters. The molecule has 0 saturated heterocycles. The monoisotopic (exact) mass is 396 g/mol. The van der Waals surface area contributed by atoms with Crippen molar-refractivity contribution in [1.82, 2.24) is 5.01 Å². The summed E-state index contributed by atoms with van der Waals surface area (Å²) >= 11 is 0. The van der Waals surface area contributed by atoms with Crippen LogP contribution in [0.1, 0.15) is 17.5 Å². The Morgan fingerprint density at radius 3 is 2.36 bits per heavy atom. The van der Waals surface area contributed by atoms with Gasteiger partial charge in [0, 0.05) is 0 Å². The summed E-state index contributed by atoms with van der Waals surface area (Å²) in [5, 5.41) is 14.0. The number of alkyl halides is 3. The molecule has 1 heterocycles. The van der Waals surface area contributed by atoms with Gasteiger partial charge in [0.25, 0.3) is 11.6 Å². The van der Waals surface area contributed by atoms with Gasteiger partial charge < -0.3 is 9.84 Å². The maximum atomic E-state index is 13.5. The van der Waals surface area contributed by atoms with Gasteiger partial charge in [-0.3, -0.25) is 4.79 Å². The van der Waals surface area contributed by atoms with E-state index in [0.29, 0.717) is 5.56 Å². The highest BCUT2D eigenvalue weighted by molar-refractivity contribution is 6.03. The molecule has 1 N–H and O–H groups in total. The van der Waals surface area contributed by atoms with Crippen molar-refractivity contribution in [2.75, 3.05) is 6.61 Å². The maximum Gasteiger partial charge on any atom is 0.438 e. The van der Waals surface area contributed by atoms with Gasteiger partial charge in [0.05, 0.1) is 12.1 Å². The van der Waals surface area contributed by atoms with E-state index in [1.807, 2.05) is 6.92 Å². The molecule has 5 nitrogen and oxygen atoms in total. The van der Waals surface area contributed by atoms with E-state index in [9.17, 15) is 27.5 Å². The van der Waals surface area contributed by atoms with Gasteiger partial charge in [-0.05, 0) is 36.8 Å². The topological polar surface area (TPSA) is 62.1 Å². The summed E-state index contributed by atoms with van der Waals surface area (Å²) in [6.45, 7) is 1.00. The highest BCUT2D eigenvalue weighted by Gasteiger charge is 2.63. The summed E-state index contributed by atoms with van der Waals surface area (Å²) in [6.07, 6.45) is -6.03. The minimum atomic E-state index is -5.13. The van der Waals surface area contributed by atoms with Crippen molar-refractivity contribution in [3.8, 4) is 5.75 Å². The maximum absolute atomic E-state index is 13.5. The standard InChI is InChI=1S/C19H16F4N2O3/c1-12-2-4-13(5-3-12)16-10-18(27,19(21,22)23)25(24-16)17(26)11-28-15-8-6-14(20)7-9-15/h2-9,27H,10-11H2,1H3/t18-/m1/s1. The second kappa shape index (κ2) is 7.23. The van der Waals surface area contributed by atoms with Gasteiger partial charge in [0.2, 0.25) is 0 Å². The molecular weight excluding hydrogens is 380 g/mol. The minimum Gasteiger partial charge on any atom is -0.484 e. The quantitative estimate of drug-likeness (QED) is 0.806. The molecule has 0 bridgehead atoms. The molecule has 28 heavy (non-hydrogen) atoms. The Morgan fingerprint density at radius 2 is 1.79 bits per heavy atom. The predicted molar refractivity (Wildman–Crippen MR) is 92.1 cm³/mol. The van der Waals surface area contributed by atoms with E-state index in [-0.39, 0.29) is 16.5 Å². The fourth-order valence-electron chi connectivity index (χ4n) is 2.67. The van der Waals surface area contributed by atoms with Crippen molar-refractivity contribution in [3.63, 3.8) is 0 Å². The zero-order valence-electron chi connectivity index (χ0n) is 14.7. The van der Waals surface area contributed by atoms with Crippen LogP contribution in [0.2, 0.25) is 0 Å². The number of carbonyl (C=O) groups excluding carboxylic acids is 1. The first-order valence-electron chi connectivity index (χ1n) is 8.25. The molecule has 3 rings (SSSR count). The molecule has 2 aromatic carbocycles. The second-order valence-corrected chi connectivity index (χ2v) is 6.35. The van der Waals surface area contributed by atoms with Crippen molar-refractivity contribution < 1.29 is 32.2 Å². The molecular formula is C19H16F4N2O3. The average molecular weight is 396 g/mol. The van der Waals surface area contributed by atoms with Gasteiger partial charge in [-0.2, -0.15) is 23.3 Å². The Hall–Kier alpha value is -2.94. The van der Waals surface area contributed by atoms with E-state index in [1.54, 1.807) is 24.3 Å². The lowest BCUT2D eigenvalue weighted by Gasteiger charge is -2.32. The van der Waals surface area contributed by atoms with Gasteiger partial charge in [-0.15, -0.1) is 0 Å². The molecule has 1 aliphatic heterocycles. The number of amides is 1. The highest BCUT2D eigenvalue weighted by Crippen LogP contribution is 2.41. The van der Waals surface area contributed by atoms with Crippen molar-refractivity contribution >= 4 is 11.6 Å². The van der Waals surface area contributed by atoms with Crippen LogP contribution in [0.5, 0.6) is 5.75 Å². The normalized spacial score (nSPS) is 19.5. The van der Waals surface area contributed by atoms with Crippen LogP contribution in [0.15, 0.2) is 53.6 Å². The Balaban J connectivity index is 1.84. The number of aryl methyl sites for hydroxylation is 1. The number of hydrazone groups is 1. The third-order valence-electron chi connectivity index (χ3n) is 4.24. The van der Waals surface area contributed by atoms with Crippen molar-refractivity contribution in [1.29, 1.82) is 0 Å². The lowest BCUT2D eigenvalue weighted by molar-refractivity contribution is -0.302. The predicted octanol–water partition coefficient (Wildman–Crippen LogP) is 3.40. The summed E-state index contributed by atoms with van der Waals surface area (Å²) in [5.41, 5.74) is -2.29. The van der Waals surface area contributed by atoms with E-state index < -0.39 is 36.7 Å². The smallest absolute Gasteiger partial charge is 0.438 e. The van der Waals surface area contributed by atoms with Gasteiger partial charge >= 0.3 is 6.18 Å². The number of carbonyl (C=O) groups is 1. The van der Waals surface area contributed by atoms with Crippen LogP contribution in [0.25, 0.3) is 0 Å². The fourth-order valence-corrected chi connectivity index (χ4v) is 2.67. The minimum absolute atomic E-state index is 0.00567. The van der Waals surface area contributed by atoms with Crippen LogP contribution in [0.4, 0.5) is 17.6 Å². The Kier molecular flexibility index (Phi) is 5.12. The fraction of sp³-hybridized carbons (Fsp3) is 0.263. The number of hydrogen-bond acceptors (Lipinski definition) is 4. The third kappa shape index (κ3) is 3.84. The van der Waals surface area contributed by atoms with E-state index in [1.165, 1.54) is 12.1 Å². The molecule has 1 amide bonds. The molecule has 2 aromatic rings. The number of halogens is 4. The van der Waals surface area contributed by atoms with Gasteiger partial charge in [0.1, 0.15) is 11.6 Å². The highest BCUT2D eigenvalue weighted by atomic mass is 19.4. The number of nitrogens with zero attached hydrogens (tertiary/aromatic N) is 2. The molecule has 0 aromatic heterocycles. The van der Waals surface area contributed by atoms with E-state index in [0.717, 1.165) is 17.7 Å². The Labute approximate surface area is 157 Å². The Morgan fingerprint density at radius 1 is 1.18 bits per heavy atom. The number of benzene rings is 2. The van der Waals surface area contributed by atoms with Gasteiger partial charge in [-0.1, -0.05) is 29.8 Å². The zero-order valence-corrected chi connectivity index (χ0v) is 14.7. The van der Waals surface area contributed by atoms with Crippen molar-refractivity contribution in [2.24, 2.45) is 5.10 Å². The Bertz CT molecular complexity index is 895. The number of ether oxygens (including phenoxy) is 1. The largest absolute Gasteiger partial charge is 0.484 e. The number of aliphatic hydroxyl groups is 1. The lowest BCUT2D eigenvalue weighted by Crippen LogP contribution is -2.57. The summed E-state index contributed by atoms with van der Waals surface area (Å²) in [5.74, 6) is -1.63. The molecule has 0 fully saturated rings. The van der Waals surface area contributed by atoms with Gasteiger partial charge in [0.15, 0.2) is 6.61 Å². The van der Waals surface area contributed by atoms with Crippen LogP contribution >= 0.6 is 0 Å². The first-order valence-corrected chi connectivity index (χ1v) is 8.25. The first kappa shape index (κ1) is 19.8. The first-order chi connectivity index (χ1) is 13.1. The summed E-state index contributed by atoms with van der Waals surface area (Å²) in [4.78, 5) is 12.3. The van der Waals surface area contributed by atoms with Crippen molar-refractivity contribution in [2.45, 2.75) is 25.2 Å². The summed E-state index contributed by atoms with van der Waals surface area (Å²) in [6, 6.07) is 11.1. The molecule has 0 spiro atoms. The van der Waals surface area contributed by atoms with E-state index >= 15 is 0 Å². The summed E-state index contributed by atoms with van der Waals surface area (Å²) < 4.78 is 58.5. The third-order valence-corrected chi connectivity index (χ3v) is 4.24. The average Bonchev–Trinajstić information content (AvgIpc) is 3.00. The van der Waals surface area contributed by atoms with Crippen LogP contribution in [0, 0.1) is 12.7 Å². The van der Waals surface area contributed by atoms with Gasteiger partial charge in [-0.25, -0.2) is 4.39 Å². The van der Waals surface area contributed by atoms with E-state index in [4.69, 9.17) is 4.74 Å². The summed E-state index contributed by atoms with van der Waals surface area (Å²) in [7, 11) is 0. The molecule has 148 valence electrons. The molecule has 9 heteroatoms. The number of hydrogen-bond donors (Lipinski definition) is 1. The molecule has 1 atom stereocenters. The SMILES string of the molecule is Cc1ccc(C2=NN(C(=O)COc3ccc(F)cc3)[C@](O)(C(F)(F)F)C2)cc1. The van der Waals surface area contributed by atoms with Crippen LogP contribution in [-0.2, 0) is 4.79 Å². The zero-order chi connectivity index (χ0) is 20.5. The van der Waals surface area contributed by atoms with Crippen LogP contribution < -0.4 is 4.74 Å². The lowest BCUT2D eigenvalue weighted by atomic mass is 10.00. The van der Waals surface area contributed by atoms with Crippen LogP contribution in [-0.4, -0.2) is 40.2 Å².